The van der Waals surface area contributed by atoms with E-state index in [0.29, 0.717) is 11.8 Å². The monoisotopic (exact) mass is 243 g/mol. The number of hydrogen-bond acceptors (Lipinski definition) is 3. The first-order chi connectivity index (χ1) is 7.73. The lowest BCUT2D eigenvalue weighted by molar-refractivity contribution is -0.150. The third-order valence-corrected chi connectivity index (χ3v) is 2.65. The van der Waals surface area contributed by atoms with Crippen LogP contribution in [0.25, 0.3) is 0 Å². The molecule has 0 amide bonds. The lowest BCUT2D eigenvalue weighted by Gasteiger charge is -2.36. The van der Waals surface area contributed by atoms with Crippen molar-refractivity contribution in [3.63, 3.8) is 0 Å². The molecule has 102 valence electrons. The van der Waals surface area contributed by atoms with Crippen molar-refractivity contribution in [3.05, 3.63) is 0 Å². The Bertz CT molecular complexity index is 208. The summed E-state index contributed by atoms with van der Waals surface area (Å²) in [5.74, 6) is 0.784. The molecule has 0 radical (unpaired) electrons. The van der Waals surface area contributed by atoms with E-state index < -0.39 is 5.54 Å². The van der Waals surface area contributed by atoms with Gasteiger partial charge < -0.3 is 4.74 Å². The zero-order valence-corrected chi connectivity index (χ0v) is 12.5. The van der Waals surface area contributed by atoms with Crippen LogP contribution in [0, 0.1) is 11.8 Å². The molecule has 0 bridgehead atoms. The van der Waals surface area contributed by atoms with E-state index in [2.05, 4.69) is 46.9 Å². The molecule has 0 fully saturated rings. The minimum absolute atomic E-state index is 0.131. The zero-order valence-electron chi connectivity index (χ0n) is 12.5. The molecular weight excluding hydrogens is 214 g/mol. The first kappa shape index (κ1) is 16.4. The summed E-state index contributed by atoms with van der Waals surface area (Å²) < 4.78 is 5.02. The summed E-state index contributed by atoms with van der Waals surface area (Å²) in [5.41, 5.74) is -0.536. The molecule has 0 aliphatic carbocycles. The van der Waals surface area contributed by atoms with Gasteiger partial charge in [-0.1, -0.05) is 27.7 Å². The number of ether oxygens (including phenoxy) is 1. The fourth-order valence-electron chi connectivity index (χ4n) is 2.57. The van der Waals surface area contributed by atoms with Crippen LogP contribution in [0.5, 0.6) is 0 Å². The molecule has 0 atom stereocenters. The van der Waals surface area contributed by atoms with Gasteiger partial charge in [0, 0.05) is 6.04 Å². The van der Waals surface area contributed by atoms with Crippen LogP contribution in [-0.4, -0.2) is 24.7 Å². The largest absolute Gasteiger partial charge is 0.468 e. The number of carbonyl (C=O) groups is 1. The van der Waals surface area contributed by atoms with Gasteiger partial charge in [-0.15, -0.1) is 0 Å². The van der Waals surface area contributed by atoms with Gasteiger partial charge in [0.1, 0.15) is 5.54 Å². The number of rotatable bonds is 7. The quantitative estimate of drug-likeness (QED) is 0.699. The van der Waals surface area contributed by atoms with Crippen LogP contribution in [0.1, 0.15) is 54.4 Å². The molecule has 0 saturated carbocycles. The molecule has 0 aromatic rings. The molecule has 0 unspecified atom stereocenters. The summed E-state index contributed by atoms with van der Waals surface area (Å²) in [5, 5.41) is 3.43. The minimum Gasteiger partial charge on any atom is -0.468 e. The second kappa shape index (κ2) is 7.00. The van der Waals surface area contributed by atoms with E-state index in [1.807, 2.05) is 0 Å². The standard InChI is InChI=1S/C14H29NO2/c1-10(2)8-14(9-11(3)4,13(16)17-7)15-12(5)6/h10-12,15H,8-9H2,1-7H3. The Balaban J connectivity index is 5.11. The highest BCUT2D eigenvalue weighted by molar-refractivity contribution is 5.80. The van der Waals surface area contributed by atoms with Crippen molar-refractivity contribution < 1.29 is 9.53 Å². The van der Waals surface area contributed by atoms with Crippen molar-refractivity contribution in [1.29, 1.82) is 0 Å². The molecule has 0 aromatic heterocycles. The Labute approximate surface area is 106 Å². The smallest absolute Gasteiger partial charge is 0.326 e. The molecule has 3 nitrogen and oxygen atoms in total. The maximum absolute atomic E-state index is 12.2. The highest BCUT2D eigenvalue weighted by Gasteiger charge is 2.40. The van der Waals surface area contributed by atoms with Crippen LogP contribution in [0.15, 0.2) is 0 Å². The maximum Gasteiger partial charge on any atom is 0.326 e. The van der Waals surface area contributed by atoms with E-state index in [0.717, 1.165) is 12.8 Å². The maximum atomic E-state index is 12.2. The third-order valence-electron chi connectivity index (χ3n) is 2.65. The van der Waals surface area contributed by atoms with Gasteiger partial charge in [0.15, 0.2) is 0 Å². The fraction of sp³-hybridized carbons (Fsp3) is 0.929. The van der Waals surface area contributed by atoms with Crippen LogP contribution >= 0.6 is 0 Å². The Morgan fingerprint density at radius 2 is 1.47 bits per heavy atom. The van der Waals surface area contributed by atoms with Crippen LogP contribution < -0.4 is 5.32 Å². The van der Waals surface area contributed by atoms with E-state index in [9.17, 15) is 4.79 Å². The number of esters is 1. The first-order valence-corrected chi connectivity index (χ1v) is 6.59. The Kier molecular flexibility index (Phi) is 6.76. The summed E-state index contributed by atoms with van der Waals surface area (Å²) in [6.07, 6.45) is 1.63. The van der Waals surface area contributed by atoms with E-state index in [1.165, 1.54) is 7.11 Å². The van der Waals surface area contributed by atoms with Crippen molar-refractivity contribution in [3.8, 4) is 0 Å². The van der Waals surface area contributed by atoms with Crippen molar-refractivity contribution in [2.75, 3.05) is 7.11 Å². The molecule has 17 heavy (non-hydrogen) atoms. The van der Waals surface area contributed by atoms with Crippen LogP contribution in [0.2, 0.25) is 0 Å². The highest BCUT2D eigenvalue weighted by atomic mass is 16.5. The lowest BCUT2D eigenvalue weighted by Crippen LogP contribution is -2.56. The average molecular weight is 243 g/mol. The molecule has 0 aliphatic rings. The van der Waals surface area contributed by atoms with Gasteiger partial charge in [-0.3, -0.25) is 10.1 Å². The van der Waals surface area contributed by atoms with Gasteiger partial charge >= 0.3 is 5.97 Å². The normalized spacial score (nSPS) is 12.6. The number of nitrogens with one attached hydrogen (secondary N) is 1. The van der Waals surface area contributed by atoms with E-state index >= 15 is 0 Å². The number of hydrogen-bond donors (Lipinski definition) is 1. The van der Waals surface area contributed by atoms with Crippen LogP contribution in [0.4, 0.5) is 0 Å². The van der Waals surface area contributed by atoms with E-state index in [1.54, 1.807) is 0 Å². The van der Waals surface area contributed by atoms with Gasteiger partial charge in [0.2, 0.25) is 0 Å². The van der Waals surface area contributed by atoms with Gasteiger partial charge in [-0.2, -0.15) is 0 Å². The molecule has 0 aromatic carbocycles. The van der Waals surface area contributed by atoms with Crippen molar-refractivity contribution in [1.82, 2.24) is 5.32 Å². The Morgan fingerprint density at radius 3 is 1.71 bits per heavy atom. The average Bonchev–Trinajstić information content (AvgIpc) is 2.12. The molecule has 0 spiro atoms. The lowest BCUT2D eigenvalue weighted by atomic mass is 9.81. The predicted octanol–water partition coefficient (Wildman–Crippen LogP) is 2.99. The topological polar surface area (TPSA) is 38.3 Å². The molecule has 0 saturated heterocycles. The van der Waals surface area contributed by atoms with Crippen molar-refractivity contribution >= 4 is 5.97 Å². The highest BCUT2D eigenvalue weighted by Crippen LogP contribution is 2.27. The molecule has 0 heterocycles. The molecule has 0 aliphatic heterocycles. The number of methoxy groups -OCH3 is 1. The second-order valence-electron chi connectivity index (χ2n) is 6.07. The van der Waals surface area contributed by atoms with Crippen molar-refractivity contribution in [2.24, 2.45) is 11.8 Å². The van der Waals surface area contributed by atoms with Gasteiger partial charge in [0.05, 0.1) is 7.11 Å². The first-order valence-electron chi connectivity index (χ1n) is 6.59. The zero-order chi connectivity index (χ0) is 13.6. The molecule has 1 N–H and O–H groups in total. The summed E-state index contributed by atoms with van der Waals surface area (Å²) >= 11 is 0. The van der Waals surface area contributed by atoms with E-state index in [-0.39, 0.29) is 12.0 Å². The predicted molar refractivity (Wildman–Crippen MR) is 71.9 cm³/mol. The van der Waals surface area contributed by atoms with Gasteiger partial charge in [-0.05, 0) is 38.5 Å². The van der Waals surface area contributed by atoms with Crippen molar-refractivity contribution in [2.45, 2.75) is 66.0 Å². The van der Waals surface area contributed by atoms with Crippen LogP contribution in [0.3, 0.4) is 0 Å². The molecule has 0 rings (SSSR count). The van der Waals surface area contributed by atoms with Gasteiger partial charge in [-0.25, -0.2) is 0 Å². The number of carbonyl (C=O) groups excluding carboxylic acids is 1. The summed E-state index contributed by atoms with van der Waals surface area (Å²) in [4.78, 5) is 12.2. The second-order valence-corrected chi connectivity index (χ2v) is 6.07. The Hall–Kier alpha value is -0.570. The summed E-state index contributed by atoms with van der Waals surface area (Å²) in [6.45, 7) is 12.7. The minimum atomic E-state index is -0.536. The van der Waals surface area contributed by atoms with E-state index in [4.69, 9.17) is 4.74 Å². The SMILES string of the molecule is COC(=O)C(CC(C)C)(CC(C)C)NC(C)C. The fourth-order valence-corrected chi connectivity index (χ4v) is 2.57. The summed E-state index contributed by atoms with van der Waals surface area (Å²) in [6, 6.07) is 0.270. The van der Waals surface area contributed by atoms with Crippen LogP contribution in [-0.2, 0) is 9.53 Å². The molecular formula is C14H29NO2. The van der Waals surface area contributed by atoms with Gasteiger partial charge in [0.25, 0.3) is 0 Å². The Morgan fingerprint density at radius 1 is 1.06 bits per heavy atom. The summed E-state index contributed by atoms with van der Waals surface area (Å²) in [7, 11) is 1.47. The third kappa shape index (κ3) is 5.53. The molecule has 3 heteroatoms.